The van der Waals surface area contributed by atoms with Gasteiger partial charge in [-0.25, -0.2) is 0 Å². The zero-order valence-corrected chi connectivity index (χ0v) is 10.8. The Hall–Kier alpha value is -1.05. The third kappa shape index (κ3) is 3.51. The van der Waals surface area contributed by atoms with Crippen molar-refractivity contribution in [2.24, 2.45) is 0 Å². The summed E-state index contributed by atoms with van der Waals surface area (Å²) in [7, 11) is 4.39. The molecule has 1 aromatic carbocycles. The van der Waals surface area contributed by atoms with Crippen LogP contribution >= 0.6 is 0 Å². The smallest absolute Gasteiger partial charge is 0.133 e. The average molecular weight is 238 g/mol. The molecule has 0 aliphatic rings. The summed E-state index contributed by atoms with van der Waals surface area (Å²) in [6.07, 6.45) is 3.97. The number of hydrogen-bond donors (Lipinski definition) is 0. The summed E-state index contributed by atoms with van der Waals surface area (Å²) in [4.78, 5) is 0. The maximum Gasteiger partial charge on any atom is 0.133 e. The lowest BCUT2D eigenvalue weighted by atomic mass is 10.0. The minimum absolute atomic E-state index is 0. The lowest BCUT2D eigenvalue weighted by molar-refractivity contribution is -0.908. The van der Waals surface area contributed by atoms with Gasteiger partial charge >= 0.3 is 0 Å². The lowest BCUT2D eigenvalue weighted by Crippen LogP contribution is -3.00. The quantitative estimate of drug-likeness (QED) is 0.507. The molecule has 0 aliphatic heterocycles. The van der Waals surface area contributed by atoms with E-state index in [0.717, 1.165) is 11.0 Å². The molecular formula is C14H20ClN. The van der Waals surface area contributed by atoms with E-state index in [1.165, 1.54) is 5.56 Å². The van der Waals surface area contributed by atoms with Crippen molar-refractivity contribution in [2.45, 2.75) is 6.04 Å². The predicted octanol–water partition coefficient (Wildman–Crippen LogP) is 0.180. The van der Waals surface area contributed by atoms with Gasteiger partial charge in [0.15, 0.2) is 0 Å². The average Bonchev–Trinajstić information content (AvgIpc) is 2.19. The monoisotopic (exact) mass is 237 g/mol. The van der Waals surface area contributed by atoms with Crippen molar-refractivity contribution in [1.82, 2.24) is 0 Å². The number of halogens is 1. The van der Waals surface area contributed by atoms with E-state index in [1.807, 2.05) is 18.2 Å². The number of rotatable bonds is 5. The largest absolute Gasteiger partial charge is 1.00 e. The number of hydrogen-bond acceptors (Lipinski definition) is 0. The molecule has 0 heterocycles. The number of likely N-dealkylation sites (N-methyl/N-ethyl adjacent to an activating group) is 1. The zero-order chi connectivity index (χ0) is 11.3. The van der Waals surface area contributed by atoms with E-state index < -0.39 is 0 Å². The molecular weight excluding hydrogens is 218 g/mol. The highest BCUT2D eigenvalue weighted by molar-refractivity contribution is 5.20. The van der Waals surface area contributed by atoms with E-state index in [4.69, 9.17) is 0 Å². The van der Waals surface area contributed by atoms with Gasteiger partial charge in [0.2, 0.25) is 0 Å². The van der Waals surface area contributed by atoms with E-state index in [0.29, 0.717) is 6.04 Å². The highest BCUT2D eigenvalue weighted by Crippen LogP contribution is 2.25. The van der Waals surface area contributed by atoms with Crippen LogP contribution in [0.1, 0.15) is 11.6 Å². The highest BCUT2D eigenvalue weighted by atomic mass is 35.5. The van der Waals surface area contributed by atoms with Gasteiger partial charge in [0.05, 0.1) is 20.6 Å². The Labute approximate surface area is 105 Å². The summed E-state index contributed by atoms with van der Waals surface area (Å²) in [5.41, 5.74) is 1.30. The van der Waals surface area contributed by atoms with Gasteiger partial charge in [-0.2, -0.15) is 0 Å². The van der Waals surface area contributed by atoms with Crippen LogP contribution in [-0.2, 0) is 0 Å². The van der Waals surface area contributed by atoms with Crippen LogP contribution in [0.5, 0.6) is 0 Å². The molecule has 0 saturated carbocycles. The van der Waals surface area contributed by atoms with Crippen LogP contribution in [0.15, 0.2) is 55.6 Å². The van der Waals surface area contributed by atoms with Crippen molar-refractivity contribution in [3.05, 3.63) is 61.2 Å². The van der Waals surface area contributed by atoms with E-state index >= 15 is 0 Å². The first-order valence-electron chi connectivity index (χ1n) is 5.23. The second-order valence-corrected chi connectivity index (χ2v) is 4.34. The Bertz CT molecular complexity index is 330. The van der Waals surface area contributed by atoms with Crippen LogP contribution < -0.4 is 12.4 Å². The number of quaternary nitrogens is 1. The van der Waals surface area contributed by atoms with Crippen molar-refractivity contribution in [1.29, 1.82) is 0 Å². The van der Waals surface area contributed by atoms with Gasteiger partial charge in [0.25, 0.3) is 0 Å². The van der Waals surface area contributed by atoms with Crippen LogP contribution in [0.2, 0.25) is 0 Å². The summed E-state index contributed by atoms with van der Waals surface area (Å²) >= 11 is 0. The fourth-order valence-electron chi connectivity index (χ4n) is 1.92. The zero-order valence-electron chi connectivity index (χ0n) is 10.1. The predicted molar refractivity (Wildman–Crippen MR) is 66.6 cm³/mol. The van der Waals surface area contributed by atoms with E-state index in [9.17, 15) is 0 Å². The van der Waals surface area contributed by atoms with Crippen LogP contribution in [0.3, 0.4) is 0 Å². The van der Waals surface area contributed by atoms with Gasteiger partial charge in [-0.15, -0.1) is 0 Å². The first-order chi connectivity index (χ1) is 7.11. The van der Waals surface area contributed by atoms with E-state index in [-0.39, 0.29) is 12.4 Å². The number of benzene rings is 1. The summed E-state index contributed by atoms with van der Waals surface area (Å²) in [6.45, 7) is 8.68. The van der Waals surface area contributed by atoms with E-state index in [2.05, 4.69) is 51.5 Å². The molecule has 0 amide bonds. The topological polar surface area (TPSA) is 0 Å². The standard InChI is InChI=1S/C14H20N.ClH/c1-5-12-15(3,4)14(6-2)13-10-8-7-9-11-13;/h5-11,14H,1-2,12H2,3-4H3;1H/q+1;/p-1. The number of nitrogens with zero attached hydrogens (tertiary/aromatic N) is 1. The SMILES string of the molecule is C=CC[N+](C)(C)C(C=C)c1ccccc1.[Cl-]. The van der Waals surface area contributed by atoms with Gasteiger partial charge in [0, 0.05) is 5.56 Å². The third-order valence-corrected chi connectivity index (χ3v) is 2.72. The van der Waals surface area contributed by atoms with Crippen LogP contribution in [-0.4, -0.2) is 25.1 Å². The summed E-state index contributed by atoms with van der Waals surface area (Å²) in [5.74, 6) is 0. The summed E-state index contributed by atoms with van der Waals surface area (Å²) in [6, 6.07) is 10.8. The molecule has 1 nitrogen and oxygen atoms in total. The van der Waals surface area contributed by atoms with Crippen molar-refractivity contribution < 1.29 is 16.9 Å². The molecule has 16 heavy (non-hydrogen) atoms. The molecule has 1 atom stereocenters. The fourth-order valence-corrected chi connectivity index (χ4v) is 1.92. The Morgan fingerprint density at radius 1 is 1.19 bits per heavy atom. The van der Waals surface area contributed by atoms with Crippen LogP contribution in [0, 0.1) is 0 Å². The molecule has 0 saturated heterocycles. The Morgan fingerprint density at radius 3 is 2.19 bits per heavy atom. The molecule has 88 valence electrons. The molecule has 0 radical (unpaired) electrons. The van der Waals surface area contributed by atoms with Gasteiger partial charge < -0.3 is 16.9 Å². The first kappa shape index (κ1) is 14.9. The Balaban J connectivity index is 0.00000225. The second-order valence-electron chi connectivity index (χ2n) is 4.34. The van der Waals surface area contributed by atoms with E-state index in [1.54, 1.807) is 0 Å². The fraction of sp³-hybridized carbons (Fsp3) is 0.286. The molecule has 2 heteroatoms. The molecule has 0 bridgehead atoms. The first-order valence-corrected chi connectivity index (χ1v) is 5.23. The molecule has 1 unspecified atom stereocenters. The normalized spacial score (nSPS) is 12.4. The van der Waals surface area contributed by atoms with Crippen molar-refractivity contribution in [2.75, 3.05) is 20.6 Å². The maximum atomic E-state index is 3.94. The third-order valence-electron chi connectivity index (χ3n) is 2.72. The Kier molecular flexibility index (Phi) is 6.09. The summed E-state index contributed by atoms with van der Waals surface area (Å²) in [5, 5.41) is 0. The van der Waals surface area contributed by atoms with Gasteiger partial charge in [-0.1, -0.05) is 43.5 Å². The van der Waals surface area contributed by atoms with Crippen molar-refractivity contribution in [3.8, 4) is 0 Å². The molecule has 0 fully saturated rings. The van der Waals surface area contributed by atoms with Crippen molar-refractivity contribution in [3.63, 3.8) is 0 Å². The molecule has 1 aromatic rings. The van der Waals surface area contributed by atoms with Crippen LogP contribution in [0.25, 0.3) is 0 Å². The molecule has 0 aliphatic carbocycles. The Morgan fingerprint density at radius 2 is 1.75 bits per heavy atom. The molecule has 0 aromatic heterocycles. The highest BCUT2D eigenvalue weighted by Gasteiger charge is 2.25. The van der Waals surface area contributed by atoms with Gasteiger partial charge in [-0.05, 0) is 12.2 Å². The summed E-state index contributed by atoms with van der Waals surface area (Å²) < 4.78 is 0.858. The van der Waals surface area contributed by atoms with Crippen molar-refractivity contribution >= 4 is 0 Å². The molecule has 0 spiro atoms. The van der Waals surface area contributed by atoms with Crippen LogP contribution in [0.4, 0.5) is 0 Å². The van der Waals surface area contributed by atoms with Gasteiger partial charge in [0.1, 0.15) is 6.04 Å². The lowest BCUT2D eigenvalue weighted by Gasteiger charge is -2.35. The minimum atomic E-state index is 0. The molecule has 1 rings (SSSR count). The minimum Gasteiger partial charge on any atom is -1.00 e. The maximum absolute atomic E-state index is 3.94. The van der Waals surface area contributed by atoms with Gasteiger partial charge in [-0.3, -0.25) is 0 Å². The molecule has 0 N–H and O–H groups in total. The second kappa shape index (κ2) is 6.51.